The second-order valence-corrected chi connectivity index (χ2v) is 38.4. The number of hydrogen-bond donors (Lipinski definition) is 0. The molecule has 0 bridgehead atoms. The standard InChI is InChI=1S/C49H74O9SSi3/c1-44(2,3)61(37-26-20-16-21-27-37,38-28-22-17-23-29-38)53-35-48(11)49(57-48,59(50,51)36-24-18-15-19-25-36)33-43-47(10,58-60(12,13)14)31-30-39-40(55-43)32-41-42(54-39)34-52-62(56-41,45(4,5)6)46(7,8)9/h15-29,39-43H,30-35H2,1-14H3/t39-,40+,41-,42+,43-,47+,48+,49-/m0/s1. The molecule has 0 radical (unpaired) electrons. The SMILES string of the molecule is CC(C)(C)[Si](OC[C@@]1(C)O[C@@]1(C[C@@H]1O[C@@H]2C[C@@H]3O[Si](C(C)(C)C)(C(C)(C)C)OC[C@H]3O[C@H]2CC[C@@]1(C)O[Si](C)(C)C)S(=O)(=O)c1ccccc1)(c1ccccc1)c1ccccc1. The number of fused-ring (bicyclic) bond motifs is 2. The van der Waals surface area contributed by atoms with Gasteiger partial charge in [-0.25, -0.2) is 8.42 Å². The molecule has 3 aromatic rings. The minimum atomic E-state index is -4.15. The molecule has 4 fully saturated rings. The maximum atomic E-state index is 15.5. The lowest BCUT2D eigenvalue weighted by atomic mass is 9.88. The Labute approximate surface area is 376 Å². The van der Waals surface area contributed by atoms with Crippen LogP contribution in [0, 0.1) is 0 Å². The fraction of sp³-hybridized carbons (Fsp3) is 0.633. The summed E-state index contributed by atoms with van der Waals surface area (Å²) in [5.41, 5.74) is -2.07. The molecule has 4 heterocycles. The fourth-order valence-corrected chi connectivity index (χ4v) is 24.6. The number of ether oxygens (including phenoxy) is 3. The van der Waals surface area contributed by atoms with Crippen LogP contribution in [0.4, 0.5) is 0 Å². The van der Waals surface area contributed by atoms with Gasteiger partial charge in [-0.3, -0.25) is 0 Å². The maximum Gasteiger partial charge on any atom is 0.349 e. The van der Waals surface area contributed by atoms with E-state index in [0.29, 0.717) is 25.9 Å². The fourth-order valence-electron chi connectivity index (χ4n) is 11.2. The van der Waals surface area contributed by atoms with Crippen molar-refractivity contribution in [2.75, 3.05) is 13.2 Å². The average Bonchev–Trinajstić information content (AvgIpc) is 3.83. The quantitative estimate of drug-likeness (QED) is 0.138. The van der Waals surface area contributed by atoms with Gasteiger partial charge in [-0.15, -0.1) is 0 Å². The minimum Gasteiger partial charge on any atom is -0.410 e. The molecule has 4 aliphatic heterocycles. The topological polar surface area (TPSA) is 102 Å². The summed E-state index contributed by atoms with van der Waals surface area (Å²) in [7, 11) is -12.3. The van der Waals surface area contributed by atoms with Crippen molar-refractivity contribution in [2.45, 2.75) is 188 Å². The molecule has 0 unspecified atom stereocenters. The first-order valence-electron chi connectivity index (χ1n) is 22.7. The lowest BCUT2D eigenvalue weighted by Crippen LogP contribution is -2.67. The van der Waals surface area contributed by atoms with E-state index in [-0.39, 0.29) is 57.5 Å². The number of benzene rings is 3. The van der Waals surface area contributed by atoms with Crippen molar-refractivity contribution in [2.24, 2.45) is 0 Å². The van der Waals surface area contributed by atoms with Crippen LogP contribution in [0.1, 0.15) is 102 Å². The average molecular weight is 923 g/mol. The summed E-state index contributed by atoms with van der Waals surface area (Å²) >= 11 is 0. The first-order valence-corrected chi connectivity index (χ1v) is 31.3. The van der Waals surface area contributed by atoms with Crippen LogP contribution in [0.15, 0.2) is 95.9 Å². The van der Waals surface area contributed by atoms with Gasteiger partial charge in [0.05, 0.1) is 48.1 Å². The van der Waals surface area contributed by atoms with Crippen LogP contribution in [0.5, 0.6) is 0 Å². The lowest BCUT2D eigenvalue weighted by Gasteiger charge is -2.56. The largest absolute Gasteiger partial charge is 0.410 e. The van der Waals surface area contributed by atoms with Crippen LogP contribution in [0.2, 0.25) is 34.8 Å². The van der Waals surface area contributed by atoms with Crippen molar-refractivity contribution in [3.63, 3.8) is 0 Å². The number of hydrogen-bond acceptors (Lipinski definition) is 9. The molecule has 0 aliphatic carbocycles. The number of rotatable bonds is 11. The maximum absolute atomic E-state index is 15.5. The highest BCUT2D eigenvalue weighted by Gasteiger charge is 2.77. The van der Waals surface area contributed by atoms with Crippen molar-refractivity contribution >= 4 is 45.4 Å². The second-order valence-electron chi connectivity index (χ2n) is 22.8. The zero-order valence-electron chi connectivity index (χ0n) is 39.9. The predicted molar refractivity (Wildman–Crippen MR) is 254 cm³/mol. The Bertz CT molecular complexity index is 2080. The minimum absolute atomic E-state index is 0.0514. The Morgan fingerprint density at radius 3 is 1.76 bits per heavy atom. The molecular formula is C49H74O9SSi3. The molecule has 8 atom stereocenters. The highest BCUT2D eigenvalue weighted by Crippen LogP contribution is 2.60. The zero-order chi connectivity index (χ0) is 45.4. The summed E-state index contributed by atoms with van der Waals surface area (Å²) in [4.78, 5) is -1.48. The van der Waals surface area contributed by atoms with Gasteiger partial charge in [-0.05, 0) is 73.9 Å². The van der Waals surface area contributed by atoms with E-state index >= 15 is 8.42 Å². The molecule has 9 nitrogen and oxygen atoms in total. The molecule has 62 heavy (non-hydrogen) atoms. The third-order valence-corrected chi connectivity index (χ3v) is 27.6. The predicted octanol–water partition coefficient (Wildman–Crippen LogP) is 9.69. The van der Waals surface area contributed by atoms with E-state index in [1.165, 1.54) is 0 Å². The van der Waals surface area contributed by atoms with Crippen molar-refractivity contribution < 1.29 is 40.3 Å². The second kappa shape index (κ2) is 16.4. The monoisotopic (exact) mass is 922 g/mol. The highest BCUT2D eigenvalue weighted by atomic mass is 32.2. The summed E-state index contributed by atoms with van der Waals surface area (Å²) in [5.74, 6) is 0. The molecule has 7 rings (SSSR count). The Morgan fingerprint density at radius 1 is 0.726 bits per heavy atom. The van der Waals surface area contributed by atoms with Crippen LogP contribution in [-0.4, -0.2) is 93.5 Å². The van der Waals surface area contributed by atoms with E-state index in [4.69, 9.17) is 31.9 Å². The first kappa shape index (κ1) is 47.9. The first-order chi connectivity index (χ1) is 28.6. The molecule has 3 aromatic carbocycles. The van der Waals surface area contributed by atoms with E-state index in [1.807, 2.05) is 25.1 Å². The Balaban J connectivity index is 1.29. The molecule has 0 N–H and O–H groups in total. The van der Waals surface area contributed by atoms with Gasteiger partial charge in [0.1, 0.15) is 11.7 Å². The summed E-state index contributed by atoms with van der Waals surface area (Å²) in [6, 6.07) is 29.6. The van der Waals surface area contributed by atoms with Crippen LogP contribution in [-0.2, 0) is 41.8 Å². The smallest absolute Gasteiger partial charge is 0.349 e. The van der Waals surface area contributed by atoms with E-state index < -0.39 is 57.3 Å². The third kappa shape index (κ3) is 8.37. The van der Waals surface area contributed by atoms with E-state index in [0.717, 1.165) is 10.4 Å². The van der Waals surface area contributed by atoms with E-state index in [1.54, 1.807) is 24.3 Å². The highest BCUT2D eigenvalue weighted by molar-refractivity contribution is 7.93. The Morgan fingerprint density at radius 2 is 1.26 bits per heavy atom. The summed E-state index contributed by atoms with van der Waals surface area (Å²) in [5, 5.41) is 1.53. The van der Waals surface area contributed by atoms with Gasteiger partial charge in [0.2, 0.25) is 14.8 Å². The van der Waals surface area contributed by atoms with Gasteiger partial charge >= 0.3 is 8.56 Å². The van der Waals surface area contributed by atoms with Gasteiger partial charge < -0.3 is 31.9 Å². The summed E-state index contributed by atoms with van der Waals surface area (Å²) in [6.07, 6.45) is 0.302. The van der Waals surface area contributed by atoms with Crippen LogP contribution < -0.4 is 10.4 Å². The molecule has 4 aliphatic rings. The lowest BCUT2D eigenvalue weighted by molar-refractivity contribution is -0.221. The molecule has 0 saturated carbocycles. The number of sulfone groups is 1. The third-order valence-electron chi connectivity index (χ3n) is 13.9. The van der Waals surface area contributed by atoms with E-state index in [9.17, 15) is 0 Å². The van der Waals surface area contributed by atoms with Crippen molar-refractivity contribution in [1.82, 2.24) is 0 Å². The van der Waals surface area contributed by atoms with Crippen molar-refractivity contribution in [3.8, 4) is 0 Å². The molecule has 0 amide bonds. The summed E-state index contributed by atoms with van der Waals surface area (Å²) in [6.45, 7) is 31.2. The zero-order valence-corrected chi connectivity index (χ0v) is 43.7. The van der Waals surface area contributed by atoms with Gasteiger partial charge in [0, 0.05) is 22.9 Å². The Hall–Kier alpha value is -2.02. The molecular weight excluding hydrogens is 849 g/mol. The van der Waals surface area contributed by atoms with Gasteiger partial charge in [-0.2, -0.15) is 0 Å². The molecule has 0 spiro atoms. The van der Waals surface area contributed by atoms with Gasteiger partial charge in [0.25, 0.3) is 8.32 Å². The normalized spacial score (nSPS) is 32.0. The molecule has 4 saturated heterocycles. The number of epoxide rings is 1. The van der Waals surface area contributed by atoms with Crippen LogP contribution >= 0.6 is 0 Å². The molecule has 342 valence electrons. The van der Waals surface area contributed by atoms with Crippen LogP contribution in [0.25, 0.3) is 0 Å². The van der Waals surface area contributed by atoms with Crippen LogP contribution in [0.3, 0.4) is 0 Å². The van der Waals surface area contributed by atoms with Crippen molar-refractivity contribution in [3.05, 3.63) is 91.0 Å². The van der Waals surface area contributed by atoms with Gasteiger partial charge in [0.15, 0.2) is 8.32 Å². The molecule has 13 heteroatoms. The molecule has 0 aromatic heterocycles. The van der Waals surface area contributed by atoms with Crippen molar-refractivity contribution in [1.29, 1.82) is 0 Å². The Kier molecular flexibility index (Phi) is 12.7. The van der Waals surface area contributed by atoms with Gasteiger partial charge in [-0.1, -0.05) is 141 Å². The summed E-state index contributed by atoms with van der Waals surface area (Å²) < 4.78 is 80.9. The van der Waals surface area contributed by atoms with E-state index in [2.05, 4.69) is 137 Å².